The number of benzene rings is 1. The van der Waals surface area contributed by atoms with E-state index >= 15 is 0 Å². The van der Waals surface area contributed by atoms with E-state index < -0.39 is 6.04 Å². The number of nitrogens with zero attached hydrogens (tertiary/aromatic N) is 1. The van der Waals surface area contributed by atoms with E-state index in [2.05, 4.69) is 16.5 Å². The number of fused-ring (bicyclic) bond motifs is 1. The fourth-order valence-corrected chi connectivity index (χ4v) is 2.68. The summed E-state index contributed by atoms with van der Waals surface area (Å²) in [5, 5.41) is 0. The van der Waals surface area contributed by atoms with E-state index in [0.29, 0.717) is 12.2 Å². The number of aromatic nitrogens is 1. The Labute approximate surface area is 116 Å². The Kier molecular flexibility index (Phi) is 3.73. The molecule has 1 aromatic heterocycles. The number of halogens is 1. The lowest BCUT2D eigenvalue weighted by Gasteiger charge is -2.32. The third kappa shape index (κ3) is 2.31. The molecular weight excluding hydrogens is 257 g/mol. The average molecular weight is 273 g/mol. The first-order valence-electron chi connectivity index (χ1n) is 6.56. The van der Waals surface area contributed by atoms with Gasteiger partial charge in [-0.25, -0.2) is 9.82 Å². The maximum atomic E-state index is 13.9. The highest BCUT2D eigenvalue weighted by molar-refractivity contribution is 5.34. The number of nitrogens with two attached hydrogens (primary N) is 1. The fourth-order valence-electron chi connectivity index (χ4n) is 2.68. The molecule has 0 saturated heterocycles. The lowest BCUT2D eigenvalue weighted by Crippen LogP contribution is -2.36. The van der Waals surface area contributed by atoms with E-state index in [1.807, 2.05) is 18.2 Å². The van der Waals surface area contributed by atoms with Crippen LogP contribution in [-0.4, -0.2) is 11.6 Å². The van der Waals surface area contributed by atoms with Crippen LogP contribution in [0.1, 0.15) is 28.8 Å². The highest BCUT2D eigenvalue weighted by atomic mass is 19.1. The van der Waals surface area contributed by atoms with Crippen molar-refractivity contribution < 1.29 is 9.13 Å². The topological polar surface area (TPSA) is 60.2 Å². The maximum Gasteiger partial charge on any atom is 0.146 e. The molecule has 0 aliphatic carbocycles. The van der Waals surface area contributed by atoms with Gasteiger partial charge in [0.1, 0.15) is 11.9 Å². The summed E-state index contributed by atoms with van der Waals surface area (Å²) in [6.07, 6.45) is 3.30. The Morgan fingerprint density at radius 3 is 3.00 bits per heavy atom. The van der Waals surface area contributed by atoms with Crippen molar-refractivity contribution >= 4 is 0 Å². The second-order valence-electron chi connectivity index (χ2n) is 4.78. The first-order chi connectivity index (χ1) is 9.81. The van der Waals surface area contributed by atoms with Gasteiger partial charge in [0.25, 0.3) is 0 Å². The molecule has 0 bridgehead atoms. The van der Waals surface area contributed by atoms with Crippen molar-refractivity contribution in [3.05, 3.63) is 65.2 Å². The minimum absolute atomic E-state index is 0.304. The molecular formula is C15H16FN3O. The Morgan fingerprint density at radius 2 is 2.20 bits per heavy atom. The summed E-state index contributed by atoms with van der Waals surface area (Å²) in [5.74, 6) is 5.26. The molecule has 1 aliphatic heterocycles. The smallest absolute Gasteiger partial charge is 0.146 e. The third-order valence-corrected chi connectivity index (χ3v) is 3.65. The summed E-state index contributed by atoms with van der Waals surface area (Å²) < 4.78 is 19.8. The Hall–Kier alpha value is -1.82. The van der Waals surface area contributed by atoms with Gasteiger partial charge in [0.15, 0.2) is 0 Å². The van der Waals surface area contributed by atoms with E-state index in [4.69, 9.17) is 10.6 Å². The van der Waals surface area contributed by atoms with Gasteiger partial charge >= 0.3 is 0 Å². The predicted octanol–water partition coefficient (Wildman–Crippen LogP) is 2.04. The van der Waals surface area contributed by atoms with Crippen LogP contribution in [0.25, 0.3) is 0 Å². The van der Waals surface area contributed by atoms with E-state index in [-0.39, 0.29) is 11.9 Å². The van der Waals surface area contributed by atoms with Crippen LogP contribution in [0.15, 0.2) is 42.7 Å². The number of nitrogens with one attached hydrogen (secondary N) is 1. The van der Waals surface area contributed by atoms with Gasteiger partial charge in [-0.2, -0.15) is 0 Å². The molecule has 0 spiro atoms. The van der Waals surface area contributed by atoms with Crippen LogP contribution < -0.4 is 11.3 Å². The Balaban J connectivity index is 2.01. The monoisotopic (exact) mass is 273 g/mol. The largest absolute Gasteiger partial charge is 0.371 e. The van der Waals surface area contributed by atoms with Crippen molar-refractivity contribution in [2.75, 3.05) is 6.61 Å². The van der Waals surface area contributed by atoms with Crippen molar-refractivity contribution in [3.8, 4) is 0 Å². The third-order valence-electron chi connectivity index (χ3n) is 3.65. The lowest BCUT2D eigenvalue weighted by molar-refractivity contribution is 0.0138. The molecule has 20 heavy (non-hydrogen) atoms. The average Bonchev–Trinajstić information content (AvgIpc) is 2.50. The minimum atomic E-state index is -0.445. The van der Waals surface area contributed by atoms with E-state index in [0.717, 1.165) is 12.0 Å². The number of pyridine rings is 1. The molecule has 2 heterocycles. The summed E-state index contributed by atoms with van der Waals surface area (Å²) >= 11 is 0. The maximum absolute atomic E-state index is 13.9. The van der Waals surface area contributed by atoms with Gasteiger partial charge in [-0.3, -0.25) is 10.8 Å². The molecule has 104 valence electrons. The van der Waals surface area contributed by atoms with Crippen LogP contribution in [0.4, 0.5) is 4.39 Å². The second kappa shape index (κ2) is 5.66. The van der Waals surface area contributed by atoms with Gasteiger partial charge in [0.05, 0.1) is 18.8 Å². The van der Waals surface area contributed by atoms with Crippen LogP contribution in [0.3, 0.4) is 0 Å². The first kappa shape index (κ1) is 13.2. The molecule has 2 aromatic rings. The summed E-state index contributed by atoms with van der Waals surface area (Å²) in [4.78, 5) is 3.77. The summed E-state index contributed by atoms with van der Waals surface area (Å²) in [7, 11) is 0. The van der Waals surface area contributed by atoms with Crippen molar-refractivity contribution in [2.45, 2.75) is 18.6 Å². The quantitative estimate of drug-likeness (QED) is 0.663. The molecule has 0 radical (unpaired) electrons. The number of ether oxygens (including phenoxy) is 1. The van der Waals surface area contributed by atoms with Gasteiger partial charge in [0.2, 0.25) is 0 Å². The summed E-state index contributed by atoms with van der Waals surface area (Å²) in [6, 6.07) is 9.21. The molecule has 0 amide bonds. The molecule has 3 N–H and O–H groups in total. The zero-order valence-electron chi connectivity index (χ0n) is 10.9. The van der Waals surface area contributed by atoms with Crippen molar-refractivity contribution in [3.63, 3.8) is 0 Å². The molecule has 2 atom stereocenters. The van der Waals surface area contributed by atoms with Crippen molar-refractivity contribution in [2.24, 2.45) is 5.84 Å². The van der Waals surface area contributed by atoms with Crippen molar-refractivity contribution in [1.29, 1.82) is 0 Å². The number of rotatable bonds is 3. The zero-order chi connectivity index (χ0) is 13.9. The highest BCUT2D eigenvalue weighted by Crippen LogP contribution is 2.37. The molecule has 0 fully saturated rings. The molecule has 5 heteroatoms. The Bertz CT molecular complexity index is 605. The minimum Gasteiger partial charge on any atom is -0.371 e. The van der Waals surface area contributed by atoms with Crippen LogP contribution in [0.2, 0.25) is 0 Å². The summed E-state index contributed by atoms with van der Waals surface area (Å²) in [6.45, 7) is 0.604. The number of hydrogen-bond donors (Lipinski definition) is 2. The van der Waals surface area contributed by atoms with Crippen LogP contribution >= 0.6 is 0 Å². The van der Waals surface area contributed by atoms with Crippen LogP contribution in [0.5, 0.6) is 0 Å². The van der Waals surface area contributed by atoms with E-state index in [1.54, 1.807) is 12.3 Å². The van der Waals surface area contributed by atoms with Crippen LogP contribution in [0, 0.1) is 5.82 Å². The number of hydrogen-bond acceptors (Lipinski definition) is 4. The first-order valence-corrected chi connectivity index (χ1v) is 6.56. The normalized spacial score (nSPS) is 19.4. The SMILES string of the molecule is NNC(c1ccncc1F)C1OCCc2ccccc21. The lowest BCUT2D eigenvalue weighted by atomic mass is 9.90. The zero-order valence-corrected chi connectivity index (χ0v) is 10.9. The highest BCUT2D eigenvalue weighted by Gasteiger charge is 2.30. The number of hydrazine groups is 1. The van der Waals surface area contributed by atoms with Gasteiger partial charge in [-0.05, 0) is 23.6 Å². The van der Waals surface area contributed by atoms with E-state index in [9.17, 15) is 4.39 Å². The van der Waals surface area contributed by atoms with Gasteiger partial charge < -0.3 is 4.74 Å². The van der Waals surface area contributed by atoms with Gasteiger partial charge in [-0.15, -0.1) is 0 Å². The molecule has 0 saturated carbocycles. The molecule has 1 aromatic carbocycles. The second-order valence-corrected chi connectivity index (χ2v) is 4.78. The molecule has 2 unspecified atom stereocenters. The molecule has 4 nitrogen and oxygen atoms in total. The van der Waals surface area contributed by atoms with Crippen molar-refractivity contribution in [1.82, 2.24) is 10.4 Å². The molecule has 1 aliphatic rings. The predicted molar refractivity (Wildman–Crippen MR) is 73.1 cm³/mol. The van der Waals surface area contributed by atoms with Gasteiger partial charge in [-0.1, -0.05) is 24.3 Å². The fraction of sp³-hybridized carbons (Fsp3) is 0.267. The Morgan fingerprint density at radius 1 is 1.35 bits per heavy atom. The van der Waals surface area contributed by atoms with E-state index in [1.165, 1.54) is 11.8 Å². The van der Waals surface area contributed by atoms with Crippen LogP contribution in [-0.2, 0) is 11.2 Å². The standard InChI is InChI=1S/C15H16FN3O/c16-13-9-18-7-5-12(13)14(19-17)15-11-4-2-1-3-10(11)6-8-20-15/h1-5,7,9,14-15,19H,6,8,17H2. The summed E-state index contributed by atoms with van der Waals surface area (Å²) in [5.41, 5.74) is 5.41. The molecule has 3 rings (SSSR count). The van der Waals surface area contributed by atoms with Gasteiger partial charge in [0, 0.05) is 11.8 Å².